The number of anilines is 1. The van der Waals surface area contributed by atoms with Crippen molar-refractivity contribution in [1.82, 2.24) is 4.57 Å². The van der Waals surface area contributed by atoms with Gasteiger partial charge in [0, 0.05) is 29.8 Å². The lowest BCUT2D eigenvalue weighted by Crippen LogP contribution is -2.29. The van der Waals surface area contributed by atoms with Crippen molar-refractivity contribution in [3.63, 3.8) is 0 Å². The molecule has 0 saturated carbocycles. The molecule has 152 valence electrons. The van der Waals surface area contributed by atoms with E-state index in [1.807, 2.05) is 66.7 Å². The highest BCUT2D eigenvalue weighted by molar-refractivity contribution is 7.90. The third-order valence-corrected chi connectivity index (χ3v) is 6.82. The predicted molar refractivity (Wildman–Crippen MR) is 119 cm³/mol. The van der Waals surface area contributed by atoms with Crippen LogP contribution in [-0.4, -0.2) is 25.9 Å². The number of aromatic nitrogens is 1. The molecule has 0 N–H and O–H groups in total. The number of likely N-dealkylation sites (N-methyl/N-ethyl adjacent to an activating group) is 1. The second kappa shape index (κ2) is 8.16. The van der Waals surface area contributed by atoms with Gasteiger partial charge in [0.2, 0.25) is 5.91 Å². The van der Waals surface area contributed by atoms with Crippen LogP contribution in [0, 0.1) is 0 Å². The molecule has 0 fully saturated rings. The van der Waals surface area contributed by atoms with Gasteiger partial charge < -0.3 is 9.47 Å². The lowest BCUT2D eigenvalue weighted by atomic mass is 10.2. The molecule has 1 heterocycles. The average Bonchev–Trinajstić information content (AvgIpc) is 3.14. The zero-order valence-corrected chi connectivity index (χ0v) is 17.4. The van der Waals surface area contributed by atoms with Crippen LogP contribution in [0.15, 0.2) is 96.0 Å². The Hall–Kier alpha value is -3.38. The first kappa shape index (κ1) is 19.9. The first-order valence-electron chi connectivity index (χ1n) is 9.62. The summed E-state index contributed by atoms with van der Waals surface area (Å²) in [6.45, 7) is 0.0484. The Morgan fingerprint density at radius 2 is 1.47 bits per heavy atom. The summed E-state index contributed by atoms with van der Waals surface area (Å²) in [6.07, 6.45) is 1.58. The number of carbonyl (C=O) groups is 1. The molecule has 4 aromatic rings. The van der Waals surface area contributed by atoms with E-state index in [-0.39, 0.29) is 23.1 Å². The number of fused-ring (bicyclic) bond motifs is 1. The molecule has 3 aromatic carbocycles. The molecule has 0 saturated heterocycles. The van der Waals surface area contributed by atoms with Crippen LogP contribution < -0.4 is 4.90 Å². The highest BCUT2D eigenvalue weighted by atomic mass is 32.2. The predicted octanol–water partition coefficient (Wildman–Crippen LogP) is 4.28. The molecule has 0 bridgehead atoms. The highest BCUT2D eigenvalue weighted by Crippen LogP contribution is 2.28. The molecule has 5 nitrogen and oxygen atoms in total. The SMILES string of the molecule is CN(C(=O)Cn1cc(S(=O)(=O)Cc2ccccc2)c2ccccc21)c1ccccc1. The van der Waals surface area contributed by atoms with Crippen LogP contribution >= 0.6 is 0 Å². The van der Waals surface area contributed by atoms with E-state index in [0.29, 0.717) is 5.39 Å². The van der Waals surface area contributed by atoms with Gasteiger partial charge in [0.25, 0.3) is 0 Å². The van der Waals surface area contributed by atoms with Crippen molar-refractivity contribution in [2.45, 2.75) is 17.2 Å². The van der Waals surface area contributed by atoms with E-state index in [9.17, 15) is 13.2 Å². The van der Waals surface area contributed by atoms with Crippen molar-refractivity contribution in [1.29, 1.82) is 0 Å². The number of hydrogen-bond acceptors (Lipinski definition) is 3. The molecule has 1 amide bonds. The van der Waals surface area contributed by atoms with Crippen LogP contribution in [0.25, 0.3) is 10.9 Å². The summed E-state index contributed by atoms with van der Waals surface area (Å²) in [6, 6.07) is 25.8. The molecule has 0 unspecified atom stereocenters. The van der Waals surface area contributed by atoms with Crippen molar-refractivity contribution in [3.05, 3.63) is 96.7 Å². The Balaban J connectivity index is 1.68. The van der Waals surface area contributed by atoms with Gasteiger partial charge in [-0.15, -0.1) is 0 Å². The van der Waals surface area contributed by atoms with Crippen molar-refractivity contribution < 1.29 is 13.2 Å². The third kappa shape index (κ3) is 4.00. The van der Waals surface area contributed by atoms with Gasteiger partial charge in [0.15, 0.2) is 9.84 Å². The van der Waals surface area contributed by atoms with E-state index in [4.69, 9.17) is 0 Å². The number of amides is 1. The molecule has 6 heteroatoms. The Kier molecular flexibility index (Phi) is 5.42. The summed E-state index contributed by atoms with van der Waals surface area (Å²) in [5.74, 6) is -0.214. The molecule has 0 aliphatic carbocycles. The van der Waals surface area contributed by atoms with Crippen molar-refractivity contribution in [2.24, 2.45) is 0 Å². The Morgan fingerprint density at radius 3 is 2.17 bits per heavy atom. The number of nitrogens with zero attached hydrogens (tertiary/aromatic N) is 2. The number of hydrogen-bond donors (Lipinski definition) is 0. The molecule has 0 radical (unpaired) electrons. The van der Waals surface area contributed by atoms with E-state index in [1.165, 1.54) is 0 Å². The highest BCUT2D eigenvalue weighted by Gasteiger charge is 2.23. The molecule has 4 rings (SSSR count). The summed E-state index contributed by atoms with van der Waals surface area (Å²) >= 11 is 0. The second-order valence-corrected chi connectivity index (χ2v) is 9.13. The fraction of sp³-hybridized carbons (Fsp3) is 0.125. The molecule has 1 aromatic heterocycles. The van der Waals surface area contributed by atoms with E-state index in [2.05, 4.69) is 0 Å². The molecule has 0 aliphatic heterocycles. The minimum absolute atomic E-state index is 0.0484. The lowest BCUT2D eigenvalue weighted by Gasteiger charge is -2.18. The summed E-state index contributed by atoms with van der Waals surface area (Å²) in [5, 5.41) is 0.628. The van der Waals surface area contributed by atoms with E-state index < -0.39 is 9.84 Å². The van der Waals surface area contributed by atoms with Gasteiger partial charge in [-0.05, 0) is 23.8 Å². The summed E-state index contributed by atoms with van der Waals surface area (Å²) in [5.41, 5.74) is 2.24. The van der Waals surface area contributed by atoms with Gasteiger partial charge >= 0.3 is 0 Å². The topological polar surface area (TPSA) is 59.4 Å². The largest absolute Gasteiger partial charge is 0.337 e. The fourth-order valence-electron chi connectivity index (χ4n) is 3.51. The fourth-order valence-corrected chi connectivity index (χ4v) is 5.09. The van der Waals surface area contributed by atoms with Gasteiger partial charge in [-0.2, -0.15) is 0 Å². The Morgan fingerprint density at radius 1 is 0.867 bits per heavy atom. The Bertz CT molecular complexity index is 1280. The Labute approximate surface area is 176 Å². The first-order valence-corrected chi connectivity index (χ1v) is 11.3. The average molecular weight is 419 g/mol. The molecular weight excluding hydrogens is 396 g/mol. The molecule has 0 atom stereocenters. The lowest BCUT2D eigenvalue weighted by molar-refractivity contribution is -0.118. The first-order chi connectivity index (χ1) is 14.5. The maximum absolute atomic E-state index is 13.2. The number of para-hydroxylation sites is 2. The van der Waals surface area contributed by atoms with Crippen molar-refractivity contribution in [2.75, 3.05) is 11.9 Å². The van der Waals surface area contributed by atoms with Crippen LogP contribution in [-0.2, 0) is 26.9 Å². The van der Waals surface area contributed by atoms with Gasteiger partial charge in [0.05, 0.1) is 10.6 Å². The monoisotopic (exact) mass is 418 g/mol. The van der Waals surface area contributed by atoms with Crippen LogP contribution in [0.1, 0.15) is 5.56 Å². The van der Waals surface area contributed by atoms with E-state index in [1.54, 1.807) is 40.9 Å². The summed E-state index contributed by atoms with van der Waals surface area (Å²) in [7, 11) is -1.85. The van der Waals surface area contributed by atoms with Crippen LogP contribution in [0.4, 0.5) is 5.69 Å². The zero-order valence-electron chi connectivity index (χ0n) is 16.6. The maximum Gasteiger partial charge on any atom is 0.246 e. The van der Waals surface area contributed by atoms with Gasteiger partial charge in [0.1, 0.15) is 6.54 Å². The van der Waals surface area contributed by atoms with Crippen LogP contribution in [0.2, 0.25) is 0 Å². The molecule has 0 spiro atoms. The number of carbonyl (C=O) groups excluding carboxylic acids is 1. The summed E-state index contributed by atoms with van der Waals surface area (Å²) < 4.78 is 28.0. The minimum Gasteiger partial charge on any atom is -0.337 e. The zero-order chi connectivity index (χ0) is 21.1. The molecular formula is C24H22N2O3S. The third-order valence-electron chi connectivity index (χ3n) is 5.11. The minimum atomic E-state index is -3.57. The van der Waals surface area contributed by atoms with Gasteiger partial charge in [-0.25, -0.2) is 8.42 Å². The summed E-state index contributed by atoms with van der Waals surface area (Å²) in [4.78, 5) is 14.7. The van der Waals surface area contributed by atoms with E-state index >= 15 is 0 Å². The maximum atomic E-state index is 13.2. The number of benzene rings is 3. The number of sulfone groups is 1. The molecule has 0 aliphatic rings. The van der Waals surface area contributed by atoms with Crippen molar-refractivity contribution in [3.8, 4) is 0 Å². The van der Waals surface area contributed by atoms with Gasteiger partial charge in [-0.1, -0.05) is 66.7 Å². The van der Waals surface area contributed by atoms with E-state index in [0.717, 1.165) is 16.8 Å². The van der Waals surface area contributed by atoms with Crippen LogP contribution in [0.5, 0.6) is 0 Å². The van der Waals surface area contributed by atoms with Crippen LogP contribution in [0.3, 0.4) is 0 Å². The smallest absolute Gasteiger partial charge is 0.246 e. The molecule has 30 heavy (non-hydrogen) atoms. The normalized spacial score (nSPS) is 11.5. The second-order valence-electron chi connectivity index (χ2n) is 7.17. The standard InChI is InChI=1S/C24H22N2O3S/c1-25(20-12-6-3-7-13-20)24(27)17-26-16-23(21-14-8-9-15-22(21)26)30(28,29)18-19-10-4-2-5-11-19/h2-16H,17-18H2,1H3. The quantitative estimate of drug-likeness (QED) is 0.470. The van der Waals surface area contributed by atoms with Gasteiger partial charge in [-0.3, -0.25) is 4.79 Å². The number of rotatable bonds is 6. The van der Waals surface area contributed by atoms with Crippen molar-refractivity contribution >= 4 is 32.3 Å².